The van der Waals surface area contributed by atoms with E-state index < -0.39 is 0 Å². The Kier molecular flexibility index (Phi) is 4.74. The van der Waals surface area contributed by atoms with Gasteiger partial charge in [-0.3, -0.25) is 9.59 Å². The topological polar surface area (TPSA) is 62.3 Å². The first-order chi connectivity index (χ1) is 12.6. The molecule has 1 saturated heterocycles. The number of nitrogens with one attached hydrogen (secondary N) is 1. The SMILES string of the molecule is Cc1cccc2sc(NC(=O)C3CCN(C(=O)c4cccs4)CC3)nc12. The van der Waals surface area contributed by atoms with Crippen molar-refractivity contribution in [3.05, 3.63) is 46.2 Å². The minimum absolute atomic E-state index is 0.00457. The Balaban J connectivity index is 1.37. The smallest absolute Gasteiger partial charge is 0.263 e. The quantitative estimate of drug-likeness (QED) is 0.736. The number of fused-ring (bicyclic) bond motifs is 1. The fourth-order valence-corrected chi connectivity index (χ4v) is 4.89. The summed E-state index contributed by atoms with van der Waals surface area (Å²) in [5.74, 6) is 0.000864. The number of thiophene rings is 1. The monoisotopic (exact) mass is 385 g/mol. The summed E-state index contributed by atoms with van der Waals surface area (Å²) in [4.78, 5) is 32.1. The third-order valence-electron chi connectivity index (χ3n) is 4.74. The van der Waals surface area contributed by atoms with Gasteiger partial charge in [-0.05, 0) is 42.8 Å². The van der Waals surface area contributed by atoms with Crippen LogP contribution in [-0.2, 0) is 4.79 Å². The van der Waals surface area contributed by atoms with Crippen molar-refractivity contribution >= 4 is 49.8 Å². The highest BCUT2D eigenvalue weighted by atomic mass is 32.1. The Labute approximate surface area is 159 Å². The first kappa shape index (κ1) is 17.2. The molecule has 134 valence electrons. The normalized spacial score (nSPS) is 15.3. The zero-order valence-corrected chi connectivity index (χ0v) is 16.0. The number of likely N-dealkylation sites (tertiary alicyclic amines) is 1. The molecule has 0 spiro atoms. The minimum Gasteiger partial charge on any atom is -0.338 e. The van der Waals surface area contributed by atoms with Crippen LogP contribution < -0.4 is 5.32 Å². The molecular weight excluding hydrogens is 366 g/mol. The van der Waals surface area contributed by atoms with Crippen LogP contribution in [0, 0.1) is 12.8 Å². The maximum atomic E-state index is 12.6. The van der Waals surface area contributed by atoms with Gasteiger partial charge in [-0.25, -0.2) is 4.98 Å². The lowest BCUT2D eigenvalue weighted by molar-refractivity contribution is -0.121. The van der Waals surface area contributed by atoms with E-state index in [4.69, 9.17) is 0 Å². The summed E-state index contributed by atoms with van der Waals surface area (Å²) in [5, 5.41) is 5.53. The number of hydrogen-bond donors (Lipinski definition) is 1. The van der Waals surface area contributed by atoms with Crippen LogP contribution in [0.1, 0.15) is 28.1 Å². The number of para-hydroxylation sites is 1. The molecule has 3 aromatic rings. The second-order valence-corrected chi connectivity index (χ2v) is 8.45. The molecule has 0 radical (unpaired) electrons. The highest BCUT2D eigenvalue weighted by Gasteiger charge is 2.28. The van der Waals surface area contributed by atoms with Crippen molar-refractivity contribution in [1.29, 1.82) is 0 Å². The van der Waals surface area contributed by atoms with Gasteiger partial charge in [0, 0.05) is 19.0 Å². The number of amides is 2. The van der Waals surface area contributed by atoms with Crippen molar-refractivity contribution in [2.75, 3.05) is 18.4 Å². The van der Waals surface area contributed by atoms with E-state index in [-0.39, 0.29) is 17.7 Å². The number of aromatic nitrogens is 1. The second-order valence-electron chi connectivity index (χ2n) is 6.47. The standard InChI is InChI=1S/C19H19N3O2S2/c1-12-4-2-5-14-16(12)20-19(26-14)21-17(23)13-7-9-22(10-8-13)18(24)15-6-3-11-25-15/h2-6,11,13H,7-10H2,1H3,(H,20,21,23). The molecule has 0 atom stereocenters. The minimum atomic E-state index is -0.0736. The van der Waals surface area contributed by atoms with Gasteiger partial charge in [0.25, 0.3) is 5.91 Å². The van der Waals surface area contributed by atoms with Crippen molar-refractivity contribution in [2.24, 2.45) is 5.92 Å². The summed E-state index contributed by atoms with van der Waals surface area (Å²) in [5.41, 5.74) is 2.06. The first-order valence-electron chi connectivity index (χ1n) is 8.61. The van der Waals surface area contributed by atoms with E-state index in [0.29, 0.717) is 31.1 Å². The number of carbonyl (C=O) groups is 2. The average Bonchev–Trinajstić information content (AvgIpc) is 3.31. The number of nitrogens with zero attached hydrogens (tertiary/aromatic N) is 2. The van der Waals surface area contributed by atoms with Gasteiger partial charge >= 0.3 is 0 Å². The lowest BCUT2D eigenvalue weighted by Gasteiger charge is -2.30. The predicted molar refractivity (Wildman–Crippen MR) is 106 cm³/mol. The Hall–Kier alpha value is -2.25. The molecule has 4 rings (SSSR count). The first-order valence-corrected chi connectivity index (χ1v) is 10.3. The average molecular weight is 386 g/mol. The molecule has 26 heavy (non-hydrogen) atoms. The van der Waals surface area contributed by atoms with E-state index in [1.165, 1.54) is 22.7 Å². The largest absolute Gasteiger partial charge is 0.338 e. The summed E-state index contributed by atoms with van der Waals surface area (Å²) in [6.07, 6.45) is 1.37. The van der Waals surface area contributed by atoms with Crippen LogP contribution in [0.3, 0.4) is 0 Å². The van der Waals surface area contributed by atoms with Gasteiger partial charge in [0.2, 0.25) is 5.91 Å². The molecule has 7 heteroatoms. The summed E-state index contributed by atoms with van der Waals surface area (Å²) < 4.78 is 1.08. The fraction of sp³-hybridized carbons (Fsp3) is 0.316. The van der Waals surface area contributed by atoms with Crippen LogP contribution in [-0.4, -0.2) is 34.8 Å². The lowest BCUT2D eigenvalue weighted by atomic mass is 9.96. The Morgan fingerprint density at radius 2 is 2.00 bits per heavy atom. The highest BCUT2D eigenvalue weighted by molar-refractivity contribution is 7.22. The Morgan fingerprint density at radius 3 is 2.69 bits per heavy atom. The van der Waals surface area contributed by atoms with Crippen LogP contribution in [0.15, 0.2) is 35.7 Å². The molecule has 2 aromatic heterocycles. The number of thiazole rings is 1. The van der Waals surface area contributed by atoms with Crippen molar-refractivity contribution in [1.82, 2.24) is 9.88 Å². The fourth-order valence-electron chi connectivity index (χ4n) is 3.25. The summed E-state index contributed by atoms with van der Waals surface area (Å²) in [6, 6.07) is 9.78. The number of anilines is 1. The van der Waals surface area contributed by atoms with Gasteiger partial charge in [0.15, 0.2) is 5.13 Å². The third-order valence-corrected chi connectivity index (χ3v) is 6.53. The van der Waals surface area contributed by atoms with Gasteiger partial charge in [0.05, 0.1) is 15.1 Å². The van der Waals surface area contributed by atoms with Gasteiger partial charge < -0.3 is 10.2 Å². The maximum absolute atomic E-state index is 12.6. The van der Waals surface area contributed by atoms with E-state index in [9.17, 15) is 9.59 Å². The van der Waals surface area contributed by atoms with Gasteiger partial charge in [0.1, 0.15) is 0 Å². The molecule has 0 saturated carbocycles. The lowest BCUT2D eigenvalue weighted by Crippen LogP contribution is -2.41. The van der Waals surface area contributed by atoms with E-state index in [1.54, 1.807) is 0 Å². The molecule has 0 aliphatic carbocycles. The Morgan fingerprint density at radius 1 is 1.19 bits per heavy atom. The van der Waals surface area contributed by atoms with Crippen LogP contribution in [0.2, 0.25) is 0 Å². The number of piperidine rings is 1. The van der Waals surface area contributed by atoms with Crippen LogP contribution in [0.5, 0.6) is 0 Å². The molecule has 1 aromatic carbocycles. The van der Waals surface area contributed by atoms with Crippen LogP contribution in [0.25, 0.3) is 10.2 Å². The summed E-state index contributed by atoms with van der Waals surface area (Å²) in [7, 11) is 0. The van der Waals surface area contributed by atoms with Crippen molar-refractivity contribution in [2.45, 2.75) is 19.8 Å². The number of hydrogen-bond acceptors (Lipinski definition) is 5. The molecular formula is C19H19N3O2S2. The highest BCUT2D eigenvalue weighted by Crippen LogP contribution is 2.29. The van der Waals surface area contributed by atoms with Crippen molar-refractivity contribution < 1.29 is 9.59 Å². The number of carbonyl (C=O) groups excluding carboxylic acids is 2. The number of rotatable bonds is 3. The van der Waals surface area contributed by atoms with Crippen LogP contribution >= 0.6 is 22.7 Å². The van der Waals surface area contributed by atoms with Gasteiger partial charge in [-0.1, -0.05) is 29.5 Å². The molecule has 0 bridgehead atoms. The molecule has 1 aliphatic heterocycles. The number of aryl methyl sites for hydroxylation is 1. The zero-order chi connectivity index (χ0) is 18.1. The Bertz CT molecular complexity index is 941. The molecule has 3 heterocycles. The maximum Gasteiger partial charge on any atom is 0.263 e. The van der Waals surface area contributed by atoms with Gasteiger partial charge in [-0.2, -0.15) is 0 Å². The molecule has 1 fully saturated rings. The van der Waals surface area contributed by atoms with Gasteiger partial charge in [-0.15, -0.1) is 11.3 Å². The molecule has 5 nitrogen and oxygen atoms in total. The zero-order valence-electron chi connectivity index (χ0n) is 14.4. The summed E-state index contributed by atoms with van der Waals surface area (Å²) >= 11 is 2.96. The summed E-state index contributed by atoms with van der Waals surface area (Å²) in [6.45, 7) is 3.26. The van der Waals surface area contributed by atoms with E-state index in [1.807, 2.05) is 47.5 Å². The van der Waals surface area contributed by atoms with E-state index >= 15 is 0 Å². The van der Waals surface area contributed by atoms with Crippen molar-refractivity contribution in [3.8, 4) is 0 Å². The van der Waals surface area contributed by atoms with Crippen molar-refractivity contribution in [3.63, 3.8) is 0 Å². The second kappa shape index (κ2) is 7.17. The molecule has 2 amide bonds. The van der Waals surface area contributed by atoms with Crippen LogP contribution in [0.4, 0.5) is 5.13 Å². The van der Waals surface area contributed by atoms with E-state index in [0.717, 1.165) is 20.7 Å². The molecule has 0 unspecified atom stereocenters. The predicted octanol–water partition coefficient (Wildman–Crippen LogP) is 4.16. The van der Waals surface area contributed by atoms with E-state index in [2.05, 4.69) is 10.3 Å². The molecule has 1 aliphatic rings. The number of benzene rings is 1. The third kappa shape index (κ3) is 3.37. The molecule has 1 N–H and O–H groups in total.